The normalized spacial score (nSPS) is 12.7. The van der Waals surface area contributed by atoms with Gasteiger partial charge in [0.1, 0.15) is 11.0 Å². The largest absolute Gasteiger partial charge is 0.289 e. The Morgan fingerprint density at radius 2 is 1.60 bits per heavy atom. The van der Waals surface area contributed by atoms with Crippen LogP contribution >= 0.6 is 0 Å². The standard InChI is InChI=1S/C22H18N2O4S2/c1-29(26)24(30(2,27)28)18-10-8-16-9-11-21-20(22(25)19(16)13-18)12-17(14-23-21)15-6-4-3-5-7-15/h3-14H,1-2H3. The van der Waals surface area contributed by atoms with Crippen LogP contribution in [0.2, 0.25) is 0 Å². The lowest BCUT2D eigenvalue weighted by molar-refractivity contribution is 0.603. The Labute approximate surface area is 176 Å². The lowest BCUT2D eigenvalue weighted by Crippen LogP contribution is -2.31. The Bertz CT molecular complexity index is 1470. The molecular formula is C22H18N2O4S2. The molecule has 0 radical (unpaired) electrons. The minimum Gasteiger partial charge on any atom is -0.289 e. The highest BCUT2D eigenvalue weighted by atomic mass is 32.3. The summed E-state index contributed by atoms with van der Waals surface area (Å²) >= 11 is 0. The van der Waals surface area contributed by atoms with Crippen LogP contribution in [0.3, 0.4) is 0 Å². The SMILES string of the molecule is CS(=O)N(c1ccc2ccc3ncc(-c4ccccc4)cc3c(=O)c2c1)S(C)(=O)=O. The number of sulfonamides is 1. The molecule has 0 saturated carbocycles. The molecule has 3 aromatic carbocycles. The quantitative estimate of drug-likeness (QED) is 0.487. The summed E-state index contributed by atoms with van der Waals surface area (Å²) in [6.45, 7) is 0. The van der Waals surface area contributed by atoms with Crippen LogP contribution in [0.5, 0.6) is 0 Å². The van der Waals surface area contributed by atoms with E-state index in [1.165, 1.54) is 18.4 Å². The number of pyridine rings is 1. The van der Waals surface area contributed by atoms with Gasteiger partial charge in [-0.1, -0.05) is 42.5 Å². The summed E-state index contributed by atoms with van der Waals surface area (Å²) in [7, 11) is -5.59. The maximum Gasteiger partial charge on any atom is 0.243 e. The Kier molecular flexibility index (Phi) is 5.13. The molecule has 1 unspecified atom stereocenters. The molecule has 0 saturated heterocycles. The van der Waals surface area contributed by atoms with E-state index in [1.54, 1.807) is 30.5 Å². The van der Waals surface area contributed by atoms with Crippen molar-refractivity contribution in [1.29, 1.82) is 0 Å². The van der Waals surface area contributed by atoms with Crippen molar-refractivity contribution in [3.05, 3.63) is 83.2 Å². The van der Waals surface area contributed by atoms with Crippen molar-refractivity contribution >= 4 is 48.4 Å². The Morgan fingerprint density at radius 1 is 0.900 bits per heavy atom. The lowest BCUT2D eigenvalue weighted by Gasteiger charge is -2.18. The van der Waals surface area contributed by atoms with Crippen LogP contribution in [0.4, 0.5) is 5.69 Å². The number of aromatic nitrogens is 1. The van der Waals surface area contributed by atoms with E-state index < -0.39 is 21.0 Å². The summed E-state index contributed by atoms with van der Waals surface area (Å²) < 4.78 is 37.1. The van der Waals surface area contributed by atoms with Gasteiger partial charge in [-0.2, -0.15) is 3.71 Å². The van der Waals surface area contributed by atoms with Crippen molar-refractivity contribution in [3.8, 4) is 11.1 Å². The maximum absolute atomic E-state index is 13.4. The van der Waals surface area contributed by atoms with Gasteiger partial charge in [-0.15, -0.1) is 0 Å². The van der Waals surface area contributed by atoms with E-state index in [1.807, 2.05) is 30.3 Å². The topological polar surface area (TPSA) is 84.4 Å². The van der Waals surface area contributed by atoms with E-state index in [4.69, 9.17) is 0 Å². The minimum absolute atomic E-state index is 0.175. The van der Waals surface area contributed by atoms with E-state index in [9.17, 15) is 17.4 Å². The predicted octanol–water partition coefficient (Wildman–Crippen LogP) is 3.47. The molecule has 1 heterocycles. The van der Waals surface area contributed by atoms with Crippen molar-refractivity contribution in [2.75, 3.05) is 16.2 Å². The van der Waals surface area contributed by atoms with E-state index in [2.05, 4.69) is 4.98 Å². The third kappa shape index (κ3) is 3.71. The molecule has 4 rings (SSSR count). The molecular weight excluding hydrogens is 420 g/mol. The number of rotatable bonds is 4. The third-order valence-electron chi connectivity index (χ3n) is 4.72. The van der Waals surface area contributed by atoms with Crippen molar-refractivity contribution in [3.63, 3.8) is 0 Å². The summed E-state index contributed by atoms with van der Waals surface area (Å²) in [6.07, 6.45) is 3.98. The first-order valence-corrected chi connectivity index (χ1v) is 12.4. The molecule has 0 aliphatic carbocycles. The molecule has 30 heavy (non-hydrogen) atoms. The second kappa shape index (κ2) is 7.62. The number of benzene rings is 2. The molecule has 0 aliphatic heterocycles. The van der Waals surface area contributed by atoms with Gasteiger partial charge in [-0.3, -0.25) is 9.78 Å². The van der Waals surface area contributed by atoms with Crippen molar-refractivity contribution in [2.45, 2.75) is 0 Å². The maximum atomic E-state index is 13.4. The first kappa shape index (κ1) is 20.2. The molecule has 1 aromatic heterocycles. The van der Waals surface area contributed by atoms with Gasteiger partial charge in [0, 0.05) is 28.8 Å². The smallest absolute Gasteiger partial charge is 0.243 e. The zero-order chi connectivity index (χ0) is 21.5. The van der Waals surface area contributed by atoms with Gasteiger partial charge in [0.05, 0.1) is 17.5 Å². The summed E-state index contributed by atoms with van der Waals surface area (Å²) in [5, 5.41) is 1.39. The minimum atomic E-state index is -3.78. The van der Waals surface area contributed by atoms with E-state index in [0.717, 1.165) is 21.1 Å². The van der Waals surface area contributed by atoms with Gasteiger partial charge in [-0.05, 0) is 35.2 Å². The fourth-order valence-corrected chi connectivity index (χ4v) is 5.85. The number of hydrogen-bond acceptors (Lipinski definition) is 5. The third-order valence-corrected chi connectivity index (χ3v) is 7.65. The molecule has 0 N–H and O–H groups in total. The van der Waals surface area contributed by atoms with Gasteiger partial charge in [0.15, 0.2) is 5.43 Å². The van der Waals surface area contributed by atoms with Crippen LogP contribution in [0.1, 0.15) is 0 Å². The lowest BCUT2D eigenvalue weighted by atomic mass is 10.1. The highest BCUT2D eigenvalue weighted by Crippen LogP contribution is 2.26. The van der Waals surface area contributed by atoms with Gasteiger partial charge < -0.3 is 0 Å². The molecule has 0 bridgehead atoms. The van der Waals surface area contributed by atoms with Crippen LogP contribution in [-0.4, -0.2) is 30.1 Å². The molecule has 6 nitrogen and oxygen atoms in total. The van der Waals surface area contributed by atoms with Crippen LogP contribution < -0.4 is 9.14 Å². The number of fused-ring (bicyclic) bond motifs is 2. The van der Waals surface area contributed by atoms with Gasteiger partial charge in [0.25, 0.3) is 0 Å². The van der Waals surface area contributed by atoms with Crippen molar-refractivity contribution in [2.24, 2.45) is 0 Å². The van der Waals surface area contributed by atoms with Crippen LogP contribution in [0.15, 0.2) is 77.7 Å². The van der Waals surface area contributed by atoms with Gasteiger partial charge in [-0.25, -0.2) is 12.6 Å². The molecule has 0 spiro atoms. The van der Waals surface area contributed by atoms with Gasteiger partial charge >= 0.3 is 0 Å². The second-order valence-electron chi connectivity index (χ2n) is 6.87. The monoisotopic (exact) mass is 438 g/mol. The van der Waals surface area contributed by atoms with Gasteiger partial charge in [0.2, 0.25) is 10.0 Å². The summed E-state index contributed by atoms with van der Waals surface area (Å²) in [5.74, 6) is 0. The average Bonchev–Trinajstić information content (AvgIpc) is 2.84. The van der Waals surface area contributed by atoms with E-state index >= 15 is 0 Å². The molecule has 8 heteroatoms. The van der Waals surface area contributed by atoms with Crippen LogP contribution in [0, 0.1) is 0 Å². The highest BCUT2D eigenvalue weighted by Gasteiger charge is 2.21. The summed E-state index contributed by atoms with van der Waals surface area (Å²) in [6, 6.07) is 19.6. The van der Waals surface area contributed by atoms with Crippen molar-refractivity contribution in [1.82, 2.24) is 4.98 Å². The summed E-state index contributed by atoms with van der Waals surface area (Å²) in [4.78, 5) is 17.8. The van der Waals surface area contributed by atoms with Crippen LogP contribution in [-0.2, 0) is 21.0 Å². The van der Waals surface area contributed by atoms with E-state index in [0.29, 0.717) is 21.7 Å². The fourth-order valence-electron chi connectivity index (χ4n) is 3.42. The zero-order valence-electron chi connectivity index (χ0n) is 16.3. The molecule has 0 aliphatic rings. The first-order chi connectivity index (χ1) is 14.3. The van der Waals surface area contributed by atoms with E-state index in [-0.39, 0.29) is 11.1 Å². The Hall–Kier alpha value is -3.10. The molecule has 4 aromatic rings. The number of anilines is 1. The number of nitrogens with zero attached hydrogens (tertiary/aromatic N) is 2. The first-order valence-electron chi connectivity index (χ1n) is 9.02. The molecule has 0 fully saturated rings. The molecule has 152 valence electrons. The second-order valence-corrected chi connectivity index (χ2v) is 10.1. The molecule has 0 amide bonds. The zero-order valence-corrected chi connectivity index (χ0v) is 17.9. The molecule has 1 atom stereocenters. The average molecular weight is 439 g/mol. The van der Waals surface area contributed by atoms with Crippen LogP contribution in [0.25, 0.3) is 32.8 Å². The fraction of sp³-hybridized carbons (Fsp3) is 0.0909. The highest BCUT2D eigenvalue weighted by molar-refractivity contribution is 8.06. The predicted molar refractivity (Wildman–Crippen MR) is 122 cm³/mol. The summed E-state index contributed by atoms with van der Waals surface area (Å²) in [5.41, 5.74) is 2.19. The number of hydrogen-bond donors (Lipinski definition) is 0. The van der Waals surface area contributed by atoms with Crippen molar-refractivity contribution < 1.29 is 12.6 Å². The Balaban J connectivity index is 2.02. The Morgan fingerprint density at radius 3 is 2.27 bits per heavy atom.